The van der Waals surface area contributed by atoms with E-state index < -0.39 is 0 Å². The van der Waals surface area contributed by atoms with Crippen molar-refractivity contribution < 1.29 is 9.59 Å². The summed E-state index contributed by atoms with van der Waals surface area (Å²) >= 11 is 0. The standard InChI is InChI=1S/C21H23N5O3/c1-14(2)25-13-16(11-19(25)27)20(28)22-17-7-5-6-15(10-17)12-26-21(29)24-9-4-3-8-18(24)23-26/h3-10,14,16H,11-13H2,1-2H3,(H,22,28)/t16-/m0/s1. The van der Waals surface area contributed by atoms with Crippen LogP contribution in [0.4, 0.5) is 5.69 Å². The largest absolute Gasteiger partial charge is 0.350 e. The number of hydrogen-bond donors (Lipinski definition) is 1. The van der Waals surface area contributed by atoms with Crippen molar-refractivity contribution >= 4 is 23.1 Å². The maximum atomic E-state index is 12.6. The molecule has 3 heterocycles. The molecule has 1 fully saturated rings. The summed E-state index contributed by atoms with van der Waals surface area (Å²) in [6.45, 7) is 4.64. The van der Waals surface area contributed by atoms with Gasteiger partial charge in [0.15, 0.2) is 5.65 Å². The fourth-order valence-electron chi connectivity index (χ4n) is 3.64. The first-order chi connectivity index (χ1) is 13.9. The molecule has 8 nitrogen and oxygen atoms in total. The Labute approximate surface area is 167 Å². The van der Waals surface area contributed by atoms with Crippen molar-refractivity contribution in [1.82, 2.24) is 19.1 Å². The average Bonchev–Trinajstić information content (AvgIpc) is 3.23. The molecule has 2 aromatic heterocycles. The first-order valence-electron chi connectivity index (χ1n) is 9.66. The van der Waals surface area contributed by atoms with Crippen LogP contribution in [0, 0.1) is 5.92 Å². The van der Waals surface area contributed by atoms with Gasteiger partial charge in [-0.25, -0.2) is 9.48 Å². The van der Waals surface area contributed by atoms with Crippen LogP contribution < -0.4 is 11.0 Å². The molecule has 1 N–H and O–H groups in total. The molecule has 0 unspecified atom stereocenters. The number of likely N-dealkylation sites (tertiary alicyclic amines) is 1. The van der Waals surface area contributed by atoms with Gasteiger partial charge in [0, 0.05) is 30.9 Å². The molecule has 1 aliphatic heterocycles. The van der Waals surface area contributed by atoms with Gasteiger partial charge in [-0.15, -0.1) is 5.10 Å². The van der Waals surface area contributed by atoms with Crippen LogP contribution in [0.15, 0.2) is 53.5 Å². The van der Waals surface area contributed by atoms with Gasteiger partial charge in [0.25, 0.3) is 0 Å². The second kappa shape index (κ2) is 7.54. The van der Waals surface area contributed by atoms with Crippen molar-refractivity contribution in [3.05, 3.63) is 64.7 Å². The number of fused-ring (bicyclic) bond motifs is 1. The first kappa shape index (κ1) is 18.9. The number of benzene rings is 1. The molecular formula is C21H23N5O3. The maximum Gasteiger partial charge on any atom is 0.350 e. The summed E-state index contributed by atoms with van der Waals surface area (Å²) < 4.78 is 2.88. The molecule has 0 aliphatic carbocycles. The van der Waals surface area contributed by atoms with Crippen molar-refractivity contribution in [1.29, 1.82) is 0 Å². The van der Waals surface area contributed by atoms with E-state index in [1.165, 1.54) is 9.08 Å². The minimum Gasteiger partial charge on any atom is -0.339 e. The molecule has 0 bridgehead atoms. The number of anilines is 1. The molecule has 1 atom stereocenters. The number of aromatic nitrogens is 3. The quantitative estimate of drug-likeness (QED) is 0.715. The summed E-state index contributed by atoms with van der Waals surface area (Å²) in [7, 11) is 0. The highest BCUT2D eigenvalue weighted by Crippen LogP contribution is 2.22. The lowest BCUT2D eigenvalue weighted by Gasteiger charge is -2.20. The summed E-state index contributed by atoms with van der Waals surface area (Å²) in [4.78, 5) is 38.8. The lowest BCUT2D eigenvalue weighted by atomic mass is 10.1. The lowest BCUT2D eigenvalue weighted by molar-refractivity contribution is -0.129. The molecular weight excluding hydrogens is 370 g/mol. The van der Waals surface area contributed by atoms with E-state index in [4.69, 9.17) is 0 Å². The van der Waals surface area contributed by atoms with Gasteiger partial charge in [0.05, 0.1) is 12.5 Å². The Morgan fingerprint density at radius 3 is 2.76 bits per heavy atom. The summed E-state index contributed by atoms with van der Waals surface area (Å²) in [5.74, 6) is -0.502. The zero-order valence-corrected chi connectivity index (χ0v) is 16.4. The van der Waals surface area contributed by atoms with E-state index in [1.54, 1.807) is 29.3 Å². The van der Waals surface area contributed by atoms with Gasteiger partial charge in [-0.05, 0) is 43.7 Å². The van der Waals surface area contributed by atoms with Crippen LogP contribution in [0.2, 0.25) is 0 Å². The Hall–Kier alpha value is -3.42. The monoisotopic (exact) mass is 393 g/mol. The van der Waals surface area contributed by atoms with Crippen molar-refractivity contribution in [3.8, 4) is 0 Å². The number of carbonyl (C=O) groups is 2. The van der Waals surface area contributed by atoms with Gasteiger partial charge in [-0.2, -0.15) is 0 Å². The molecule has 150 valence electrons. The fourth-order valence-corrected chi connectivity index (χ4v) is 3.64. The zero-order chi connectivity index (χ0) is 20.5. The number of carbonyl (C=O) groups excluding carboxylic acids is 2. The van der Waals surface area contributed by atoms with Crippen molar-refractivity contribution in [3.63, 3.8) is 0 Å². The van der Waals surface area contributed by atoms with Crippen LogP contribution >= 0.6 is 0 Å². The van der Waals surface area contributed by atoms with Gasteiger partial charge < -0.3 is 10.2 Å². The van der Waals surface area contributed by atoms with Crippen LogP contribution in [0.3, 0.4) is 0 Å². The fraction of sp³-hybridized carbons (Fsp3) is 0.333. The minimum absolute atomic E-state index is 0.0140. The Kier molecular flexibility index (Phi) is 4.92. The Morgan fingerprint density at radius 1 is 1.21 bits per heavy atom. The Balaban J connectivity index is 1.47. The smallest absolute Gasteiger partial charge is 0.339 e. The third kappa shape index (κ3) is 3.78. The lowest BCUT2D eigenvalue weighted by Crippen LogP contribution is -2.33. The van der Waals surface area contributed by atoms with Crippen LogP contribution in [0.25, 0.3) is 5.65 Å². The van der Waals surface area contributed by atoms with E-state index in [1.807, 2.05) is 38.1 Å². The van der Waals surface area contributed by atoms with Crippen LogP contribution in [0.5, 0.6) is 0 Å². The molecule has 1 aromatic carbocycles. The third-order valence-corrected chi connectivity index (χ3v) is 5.17. The number of amides is 2. The van der Waals surface area contributed by atoms with E-state index >= 15 is 0 Å². The van der Waals surface area contributed by atoms with Crippen molar-refractivity contribution in [2.24, 2.45) is 5.92 Å². The molecule has 0 spiro atoms. The van der Waals surface area contributed by atoms with Gasteiger partial charge in [-0.3, -0.25) is 14.0 Å². The molecule has 2 amide bonds. The molecule has 4 rings (SSSR count). The van der Waals surface area contributed by atoms with Gasteiger partial charge >= 0.3 is 5.69 Å². The van der Waals surface area contributed by atoms with Crippen molar-refractivity contribution in [2.75, 3.05) is 11.9 Å². The highest BCUT2D eigenvalue weighted by molar-refractivity contribution is 5.97. The molecule has 1 saturated heterocycles. The van der Waals surface area contributed by atoms with Gasteiger partial charge in [0.1, 0.15) is 0 Å². The predicted octanol–water partition coefficient (Wildman–Crippen LogP) is 1.74. The molecule has 3 aromatic rings. The highest BCUT2D eigenvalue weighted by atomic mass is 16.2. The summed E-state index contributed by atoms with van der Waals surface area (Å²) in [6, 6.07) is 12.8. The molecule has 0 radical (unpaired) electrons. The second-order valence-corrected chi connectivity index (χ2v) is 7.60. The van der Waals surface area contributed by atoms with Crippen LogP contribution in [-0.2, 0) is 16.1 Å². The minimum atomic E-state index is -0.352. The van der Waals surface area contributed by atoms with Crippen LogP contribution in [-0.4, -0.2) is 43.5 Å². The number of nitrogens with one attached hydrogen (secondary N) is 1. The van der Waals surface area contributed by atoms with Crippen LogP contribution in [0.1, 0.15) is 25.8 Å². The first-order valence-corrected chi connectivity index (χ1v) is 9.66. The predicted molar refractivity (Wildman–Crippen MR) is 109 cm³/mol. The Morgan fingerprint density at radius 2 is 2.03 bits per heavy atom. The van der Waals surface area contributed by atoms with Gasteiger partial charge in [-0.1, -0.05) is 18.2 Å². The number of rotatable bonds is 5. The SMILES string of the molecule is CC(C)N1C[C@@H](C(=O)Nc2cccc(Cn3nc4ccccn4c3=O)c2)CC1=O. The van der Waals surface area contributed by atoms with Gasteiger partial charge in [0.2, 0.25) is 11.8 Å². The molecule has 8 heteroatoms. The van der Waals surface area contributed by atoms with Crippen molar-refractivity contribution in [2.45, 2.75) is 32.9 Å². The second-order valence-electron chi connectivity index (χ2n) is 7.60. The molecule has 29 heavy (non-hydrogen) atoms. The highest BCUT2D eigenvalue weighted by Gasteiger charge is 2.35. The van der Waals surface area contributed by atoms with E-state index in [2.05, 4.69) is 10.4 Å². The van der Waals surface area contributed by atoms with E-state index in [9.17, 15) is 14.4 Å². The normalized spacial score (nSPS) is 16.7. The number of hydrogen-bond acceptors (Lipinski definition) is 4. The number of nitrogens with zero attached hydrogens (tertiary/aromatic N) is 4. The molecule has 0 saturated carbocycles. The topological polar surface area (TPSA) is 88.7 Å². The zero-order valence-electron chi connectivity index (χ0n) is 16.4. The Bertz CT molecular complexity index is 1130. The van der Waals surface area contributed by atoms with E-state index in [-0.39, 0.29) is 35.9 Å². The summed E-state index contributed by atoms with van der Waals surface area (Å²) in [6.07, 6.45) is 1.92. The molecule has 1 aliphatic rings. The summed E-state index contributed by atoms with van der Waals surface area (Å²) in [5.41, 5.74) is 1.86. The number of pyridine rings is 1. The summed E-state index contributed by atoms with van der Waals surface area (Å²) in [5, 5.41) is 7.23. The third-order valence-electron chi connectivity index (χ3n) is 5.17. The average molecular weight is 393 g/mol. The maximum absolute atomic E-state index is 12.6. The van der Waals surface area contributed by atoms with E-state index in [0.717, 1.165) is 5.56 Å². The van der Waals surface area contributed by atoms with E-state index in [0.29, 0.717) is 24.4 Å².